The van der Waals surface area contributed by atoms with Gasteiger partial charge >= 0.3 is 0 Å². The number of hydrogen-bond acceptors (Lipinski definition) is 5. The number of benzene rings is 3. The minimum atomic E-state index is -3.73. The number of para-hydroxylation sites is 1. The predicted octanol–water partition coefficient (Wildman–Crippen LogP) is 4.15. The number of hydrogen-bond donors (Lipinski definition) is 1. The van der Waals surface area contributed by atoms with Crippen LogP contribution in [0.3, 0.4) is 0 Å². The number of fused-ring (bicyclic) bond motifs is 1. The van der Waals surface area contributed by atoms with Crippen molar-refractivity contribution in [3.63, 3.8) is 0 Å². The Morgan fingerprint density at radius 2 is 1.52 bits per heavy atom. The number of rotatable bonds is 4. The number of carbonyl (C=O) groups is 1. The van der Waals surface area contributed by atoms with Gasteiger partial charge in [-0.15, -0.1) is 0 Å². The monoisotopic (exact) mass is 464 g/mol. The third kappa shape index (κ3) is 4.50. The van der Waals surface area contributed by atoms with Crippen molar-refractivity contribution >= 4 is 16.0 Å². The SMILES string of the molecule is NS(=O)(=O)N1CCC2(CC1)CC(=O)c1cc(-c3ccc(Oc4ccccc4)cc3)ccc1O2. The summed E-state index contributed by atoms with van der Waals surface area (Å²) in [6, 6.07) is 22.9. The molecule has 2 N–H and O–H groups in total. The molecule has 2 aliphatic rings. The Kier molecular flexibility index (Phi) is 5.44. The molecule has 170 valence electrons. The number of ketones is 1. The summed E-state index contributed by atoms with van der Waals surface area (Å²) in [6.45, 7) is 0.494. The average Bonchev–Trinajstić information content (AvgIpc) is 2.80. The van der Waals surface area contributed by atoms with Crippen LogP contribution in [-0.2, 0) is 10.2 Å². The lowest BCUT2D eigenvalue weighted by Gasteiger charge is -2.43. The summed E-state index contributed by atoms with van der Waals surface area (Å²) in [6.07, 6.45) is 1.09. The first kappa shape index (κ1) is 21.6. The summed E-state index contributed by atoms with van der Waals surface area (Å²) in [5.41, 5.74) is 1.75. The van der Waals surface area contributed by atoms with Crippen molar-refractivity contribution in [2.24, 2.45) is 5.14 Å². The van der Waals surface area contributed by atoms with E-state index in [0.717, 1.165) is 22.6 Å². The Bertz CT molecular complexity index is 1280. The van der Waals surface area contributed by atoms with E-state index in [1.165, 1.54) is 4.31 Å². The molecule has 0 radical (unpaired) electrons. The molecule has 0 amide bonds. The normalized spacial score (nSPS) is 17.9. The van der Waals surface area contributed by atoms with Gasteiger partial charge in [-0.05, 0) is 47.5 Å². The number of piperidine rings is 1. The highest BCUT2D eigenvalue weighted by Gasteiger charge is 2.44. The maximum Gasteiger partial charge on any atom is 0.276 e. The predicted molar refractivity (Wildman–Crippen MR) is 125 cm³/mol. The van der Waals surface area contributed by atoms with E-state index in [-0.39, 0.29) is 25.3 Å². The molecule has 3 aromatic rings. The molecule has 0 unspecified atom stereocenters. The van der Waals surface area contributed by atoms with Crippen LogP contribution in [0.1, 0.15) is 29.6 Å². The Morgan fingerprint density at radius 1 is 0.879 bits per heavy atom. The van der Waals surface area contributed by atoms with Gasteiger partial charge in [-0.25, -0.2) is 5.14 Å². The minimum Gasteiger partial charge on any atom is -0.486 e. The maximum atomic E-state index is 13.0. The Labute approximate surface area is 192 Å². The highest BCUT2D eigenvalue weighted by molar-refractivity contribution is 7.86. The zero-order valence-corrected chi connectivity index (χ0v) is 18.8. The molecule has 33 heavy (non-hydrogen) atoms. The third-order valence-electron chi connectivity index (χ3n) is 6.25. The lowest BCUT2D eigenvalue weighted by atomic mass is 9.82. The number of nitrogens with two attached hydrogens (primary N) is 1. The van der Waals surface area contributed by atoms with Crippen LogP contribution < -0.4 is 14.6 Å². The molecule has 8 heteroatoms. The second-order valence-electron chi connectivity index (χ2n) is 8.48. The molecule has 0 saturated carbocycles. The van der Waals surface area contributed by atoms with Crippen LogP contribution in [0.4, 0.5) is 0 Å². The quantitative estimate of drug-likeness (QED) is 0.625. The highest BCUT2D eigenvalue weighted by Crippen LogP contribution is 2.41. The van der Waals surface area contributed by atoms with Gasteiger partial charge in [-0.1, -0.05) is 36.4 Å². The van der Waals surface area contributed by atoms with E-state index in [0.29, 0.717) is 24.2 Å². The number of carbonyl (C=O) groups excluding carboxylic acids is 1. The summed E-state index contributed by atoms with van der Waals surface area (Å²) >= 11 is 0. The molecule has 1 fully saturated rings. The zero-order chi connectivity index (χ0) is 23.1. The minimum absolute atomic E-state index is 0.00573. The van der Waals surface area contributed by atoms with Crippen LogP contribution in [0.5, 0.6) is 17.2 Å². The van der Waals surface area contributed by atoms with Gasteiger partial charge in [0.2, 0.25) is 0 Å². The van der Waals surface area contributed by atoms with Gasteiger partial charge in [0, 0.05) is 25.9 Å². The van der Waals surface area contributed by atoms with Crippen molar-refractivity contribution in [1.29, 1.82) is 0 Å². The van der Waals surface area contributed by atoms with Gasteiger partial charge in [0.15, 0.2) is 5.78 Å². The molecular formula is C25H24N2O5S. The molecule has 0 bridgehead atoms. The van der Waals surface area contributed by atoms with E-state index in [1.807, 2.05) is 72.8 Å². The van der Waals surface area contributed by atoms with Crippen molar-refractivity contribution in [2.75, 3.05) is 13.1 Å². The van der Waals surface area contributed by atoms with Crippen LogP contribution in [0.25, 0.3) is 11.1 Å². The van der Waals surface area contributed by atoms with Gasteiger partial charge in [0.25, 0.3) is 10.2 Å². The largest absolute Gasteiger partial charge is 0.486 e. The molecule has 3 aromatic carbocycles. The molecule has 5 rings (SSSR count). The summed E-state index contributed by atoms with van der Waals surface area (Å²) in [4.78, 5) is 13.0. The molecule has 2 aliphatic heterocycles. The molecule has 7 nitrogen and oxygen atoms in total. The van der Waals surface area contributed by atoms with E-state index in [4.69, 9.17) is 14.6 Å². The van der Waals surface area contributed by atoms with Gasteiger partial charge in [0.05, 0.1) is 12.0 Å². The zero-order valence-electron chi connectivity index (χ0n) is 17.9. The fourth-order valence-corrected chi connectivity index (χ4v) is 5.13. The van der Waals surface area contributed by atoms with Crippen molar-refractivity contribution in [2.45, 2.75) is 24.9 Å². The van der Waals surface area contributed by atoms with Gasteiger partial charge in [-0.2, -0.15) is 12.7 Å². The smallest absolute Gasteiger partial charge is 0.276 e. The Balaban J connectivity index is 1.33. The standard InChI is InChI=1S/C25H24N2O5S/c26-33(29,30)27-14-12-25(13-15-27)17-23(28)22-16-19(8-11-24(22)32-25)18-6-9-21(10-7-18)31-20-4-2-1-3-5-20/h1-11,16H,12-15,17H2,(H2,26,29,30). The molecule has 2 heterocycles. The molecule has 1 spiro atoms. The van der Waals surface area contributed by atoms with Gasteiger partial charge in [0.1, 0.15) is 22.8 Å². The second-order valence-corrected chi connectivity index (χ2v) is 10.0. The van der Waals surface area contributed by atoms with E-state index in [2.05, 4.69) is 0 Å². The molecular weight excluding hydrogens is 440 g/mol. The highest BCUT2D eigenvalue weighted by atomic mass is 32.2. The number of ether oxygens (including phenoxy) is 2. The summed E-state index contributed by atoms with van der Waals surface area (Å²) in [5, 5.41) is 5.23. The van der Waals surface area contributed by atoms with Crippen LogP contribution in [0, 0.1) is 0 Å². The first-order valence-corrected chi connectivity index (χ1v) is 12.3. The molecule has 0 aromatic heterocycles. The van der Waals surface area contributed by atoms with Crippen molar-refractivity contribution in [3.05, 3.63) is 78.4 Å². The van der Waals surface area contributed by atoms with Crippen molar-refractivity contribution < 1.29 is 22.7 Å². The number of nitrogens with zero attached hydrogens (tertiary/aromatic N) is 1. The average molecular weight is 465 g/mol. The lowest BCUT2D eigenvalue weighted by Crippen LogP contribution is -2.53. The number of Topliss-reactive ketones (excluding diaryl/α,β-unsaturated/α-hetero) is 1. The molecule has 0 atom stereocenters. The Hall–Kier alpha value is -3.20. The lowest BCUT2D eigenvalue weighted by molar-refractivity contribution is 0.00594. The Morgan fingerprint density at radius 3 is 2.18 bits per heavy atom. The molecule has 1 saturated heterocycles. The summed E-state index contributed by atoms with van der Waals surface area (Å²) in [5.74, 6) is 2.05. The van der Waals surface area contributed by atoms with Gasteiger partial charge < -0.3 is 9.47 Å². The second kappa shape index (κ2) is 8.30. The van der Waals surface area contributed by atoms with Crippen molar-refractivity contribution in [1.82, 2.24) is 4.31 Å². The topological polar surface area (TPSA) is 98.9 Å². The van der Waals surface area contributed by atoms with Crippen LogP contribution in [0.15, 0.2) is 72.8 Å². The van der Waals surface area contributed by atoms with E-state index >= 15 is 0 Å². The van der Waals surface area contributed by atoms with Crippen LogP contribution in [0.2, 0.25) is 0 Å². The fraction of sp³-hybridized carbons (Fsp3) is 0.240. The first-order valence-electron chi connectivity index (χ1n) is 10.8. The summed E-state index contributed by atoms with van der Waals surface area (Å²) < 4.78 is 36.5. The summed E-state index contributed by atoms with van der Waals surface area (Å²) in [7, 11) is -3.73. The van der Waals surface area contributed by atoms with Crippen molar-refractivity contribution in [3.8, 4) is 28.4 Å². The van der Waals surface area contributed by atoms with E-state index in [9.17, 15) is 13.2 Å². The van der Waals surface area contributed by atoms with Crippen LogP contribution >= 0.6 is 0 Å². The third-order valence-corrected chi connectivity index (χ3v) is 7.33. The first-order chi connectivity index (χ1) is 15.8. The fourth-order valence-electron chi connectivity index (χ4n) is 4.44. The maximum absolute atomic E-state index is 13.0. The molecule has 0 aliphatic carbocycles. The van der Waals surface area contributed by atoms with E-state index < -0.39 is 15.8 Å². The van der Waals surface area contributed by atoms with Crippen LogP contribution in [-0.4, -0.2) is 37.2 Å². The van der Waals surface area contributed by atoms with E-state index in [1.54, 1.807) is 0 Å². The van der Waals surface area contributed by atoms with Gasteiger partial charge in [-0.3, -0.25) is 4.79 Å².